The summed E-state index contributed by atoms with van der Waals surface area (Å²) in [7, 11) is 0. The number of benzene rings is 1. The molecule has 1 aromatic rings. The number of hydrogen-bond donors (Lipinski definition) is 2. The number of aliphatic hydroxyl groups excluding tert-OH is 1. The minimum absolute atomic E-state index is 0.0595. The molecule has 0 aromatic heterocycles. The molecule has 2 N–H and O–H groups in total. The fourth-order valence-corrected chi connectivity index (χ4v) is 3.45. The highest BCUT2D eigenvalue weighted by atomic mass is 127. The molecular weight excluding hydrogens is 421 g/mol. The van der Waals surface area contributed by atoms with Crippen LogP contribution in [0, 0.1) is 9.49 Å². The molecule has 3 nitrogen and oxygen atoms in total. The normalized spacial score (nSPS) is 23.1. The zero-order valence-electron chi connectivity index (χ0n) is 10.5. The van der Waals surface area contributed by atoms with Gasteiger partial charge in [0.05, 0.1) is 5.56 Å². The Balaban J connectivity index is 2.09. The molecule has 0 radical (unpaired) electrons. The first-order valence-corrected chi connectivity index (χ1v) is 8.35. The van der Waals surface area contributed by atoms with Gasteiger partial charge in [-0.15, -0.1) is 0 Å². The van der Waals surface area contributed by atoms with E-state index in [1.54, 1.807) is 0 Å². The molecule has 5 heteroatoms. The molecule has 2 rings (SSSR count). The van der Waals surface area contributed by atoms with E-state index in [0.29, 0.717) is 5.56 Å². The lowest BCUT2D eigenvalue weighted by atomic mass is 9.85. The molecular formula is C14H17BrINO2. The highest BCUT2D eigenvalue weighted by Gasteiger charge is 2.26. The fraction of sp³-hybridized carbons (Fsp3) is 0.500. The Bertz CT molecular complexity index is 467. The molecule has 0 heterocycles. The number of carbonyl (C=O) groups is 1. The van der Waals surface area contributed by atoms with E-state index >= 15 is 0 Å². The average Bonchev–Trinajstić information content (AvgIpc) is 2.42. The molecule has 2 unspecified atom stereocenters. The molecule has 0 bridgehead atoms. The third kappa shape index (κ3) is 3.92. The number of aliphatic hydroxyl groups is 1. The second-order valence-corrected chi connectivity index (χ2v) is 7.03. The van der Waals surface area contributed by atoms with Crippen LogP contribution in [0.4, 0.5) is 0 Å². The molecule has 104 valence electrons. The fourth-order valence-electron chi connectivity index (χ4n) is 2.53. The summed E-state index contributed by atoms with van der Waals surface area (Å²) in [6, 6.07) is 5.81. The van der Waals surface area contributed by atoms with Crippen LogP contribution in [0.2, 0.25) is 0 Å². The van der Waals surface area contributed by atoms with E-state index in [1.807, 2.05) is 18.2 Å². The van der Waals surface area contributed by atoms with Crippen LogP contribution < -0.4 is 5.32 Å². The van der Waals surface area contributed by atoms with Crippen molar-refractivity contribution in [2.24, 2.45) is 5.92 Å². The summed E-state index contributed by atoms with van der Waals surface area (Å²) < 4.78 is 1.84. The number of hydrogen-bond acceptors (Lipinski definition) is 2. The molecule has 0 saturated heterocycles. The SMILES string of the molecule is O=C(NC1CCCCC1CO)c1cc(I)ccc1Br. The summed E-state index contributed by atoms with van der Waals surface area (Å²) in [4.78, 5) is 12.3. The molecule has 1 aromatic carbocycles. The lowest BCUT2D eigenvalue weighted by Gasteiger charge is -2.31. The Labute approximate surface area is 135 Å². The number of nitrogens with one attached hydrogen (secondary N) is 1. The van der Waals surface area contributed by atoms with Crippen molar-refractivity contribution in [2.45, 2.75) is 31.7 Å². The Kier molecular flexibility index (Phi) is 5.65. The van der Waals surface area contributed by atoms with Crippen LogP contribution in [0.25, 0.3) is 0 Å². The van der Waals surface area contributed by atoms with Gasteiger partial charge in [0.1, 0.15) is 0 Å². The van der Waals surface area contributed by atoms with E-state index < -0.39 is 0 Å². The maximum absolute atomic E-state index is 12.3. The van der Waals surface area contributed by atoms with E-state index in [9.17, 15) is 9.90 Å². The van der Waals surface area contributed by atoms with Gasteiger partial charge in [-0.05, 0) is 69.6 Å². The van der Waals surface area contributed by atoms with Crippen molar-refractivity contribution in [1.82, 2.24) is 5.32 Å². The van der Waals surface area contributed by atoms with Gasteiger partial charge < -0.3 is 10.4 Å². The van der Waals surface area contributed by atoms with Crippen LogP contribution in [0.5, 0.6) is 0 Å². The largest absolute Gasteiger partial charge is 0.396 e. The van der Waals surface area contributed by atoms with Crippen LogP contribution in [0.15, 0.2) is 22.7 Å². The second kappa shape index (κ2) is 7.04. The number of halogens is 2. The lowest BCUT2D eigenvalue weighted by Crippen LogP contribution is -2.43. The van der Waals surface area contributed by atoms with Crippen LogP contribution in [0.3, 0.4) is 0 Å². The van der Waals surface area contributed by atoms with Crippen molar-refractivity contribution >= 4 is 44.4 Å². The molecule has 19 heavy (non-hydrogen) atoms. The van der Waals surface area contributed by atoms with Gasteiger partial charge in [0, 0.05) is 26.6 Å². The summed E-state index contributed by atoms with van der Waals surface area (Å²) in [5.74, 6) is 0.134. The van der Waals surface area contributed by atoms with Gasteiger partial charge in [-0.2, -0.15) is 0 Å². The third-order valence-electron chi connectivity index (χ3n) is 3.63. The van der Waals surface area contributed by atoms with E-state index in [-0.39, 0.29) is 24.5 Å². The highest BCUT2D eigenvalue weighted by Crippen LogP contribution is 2.25. The van der Waals surface area contributed by atoms with Crippen molar-refractivity contribution in [3.05, 3.63) is 31.8 Å². The van der Waals surface area contributed by atoms with Gasteiger partial charge in [-0.3, -0.25) is 4.79 Å². The summed E-state index contributed by atoms with van der Waals surface area (Å²) in [6.07, 6.45) is 4.22. The number of rotatable bonds is 3. The molecule has 2 atom stereocenters. The van der Waals surface area contributed by atoms with E-state index in [0.717, 1.165) is 33.7 Å². The molecule has 0 aliphatic heterocycles. The molecule has 1 amide bonds. The van der Waals surface area contributed by atoms with Gasteiger partial charge in [0.2, 0.25) is 0 Å². The van der Waals surface area contributed by atoms with Gasteiger partial charge >= 0.3 is 0 Å². The second-order valence-electron chi connectivity index (χ2n) is 4.93. The van der Waals surface area contributed by atoms with E-state index in [1.165, 1.54) is 0 Å². The Morgan fingerprint density at radius 1 is 1.42 bits per heavy atom. The van der Waals surface area contributed by atoms with Gasteiger partial charge in [0.15, 0.2) is 0 Å². The topological polar surface area (TPSA) is 49.3 Å². The van der Waals surface area contributed by atoms with Crippen molar-refractivity contribution < 1.29 is 9.90 Å². The molecule has 1 aliphatic carbocycles. The molecule has 0 spiro atoms. The zero-order chi connectivity index (χ0) is 13.8. The summed E-state index contributed by atoms with van der Waals surface area (Å²) >= 11 is 5.61. The predicted octanol–water partition coefficient (Wildman–Crippen LogP) is 3.33. The molecule has 1 fully saturated rings. The van der Waals surface area contributed by atoms with Gasteiger partial charge in [0.25, 0.3) is 5.91 Å². The maximum Gasteiger partial charge on any atom is 0.252 e. The van der Waals surface area contributed by atoms with E-state index in [4.69, 9.17) is 0 Å². The first kappa shape index (κ1) is 15.3. The Morgan fingerprint density at radius 3 is 2.89 bits per heavy atom. The Morgan fingerprint density at radius 2 is 2.16 bits per heavy atom. The minimum atomic E-state index is -0.0595. The monoisotopic (exact) mass is 437 g/mol. The highest BCUT2D eigenvalue weighted by molar-refractivity contribution is 14.1. The predicted molar refractivity (Wildman–Crippen MR) is 87.2 cm³/mol. The first-order valence-electron chi connectivity index (χ1n) is 6.48. The van der Waals surface area contributed by atoms with Crippen LogP contribution in [-0.4, -0.2) is 23.7 Å². The van der Waals surface area contributed by atoms with Crippen molar-refractivity contribution in [3.63, 3.8) is 0 Å². The number of amides is 1. The van der Waals surface area contributed by atoms with Crippen molar-refractivity contribution in [3.8, 4) is 0 Å². The standard InChI is InChI=1S/C14H17BrINO2/c15-12-6-5-10(16)7-11(12)14(19)17-13-4-2-1-3-9(13)8-18/h5-7,9,13,18H,1-4,8H2,(H,17,19). The van der Waals surface area contributed by atoms with Crippen LogP contribution in [0.1, 0.15) is 36.0 Å². The smallest absolute Gasteiger partial charge is 0.252 e. The van der Waals surface area contributed by atoms with Crippen molar-refractivity contribution in [1.29, 1.82) is 0 Å². The summed E-state index contributed by atoms with van der Waals surface area (Å²) in [5, 5.41) is 12.5. The maximum atomic E-state index is 12.3. The van der Waals surface area contributed by atoms with Crippen LogP contribution >= 0.6 is 38.5 Å². The summed E-state index contributed by atoms with van der Waals surface area (Å²) in [5.41, 5.74) is 0.661. The van der Waals surface area contributed by atoms with E-state index in [2.05, 4.69) is 43.8 Å². The molecule has 1 aliphatic rings. The van der Waals surface area contributed by atoms with Crippen LogP contribution in [-0.2, 0) is 0 Å². The lowest BCUT2D eigenvalue weighted by molar-refractivity contribution is 0.0872. The quantitative estimate of drug-likeness (QED) is 0.712. The minimum Gasteiger partial charge on any atom is -0.396 e. The first-order chi connectivity index (χ1) is 9.11. The molecule has 1 saturated carbocycles. The Hall–Kier alpha value is -0.140. The summed E-state index contributed by atoms with van der Waals surface area (Å²) in [6.45, 7) is 0.151. The average molecular weight is 438 g/mol. The number of carbonyl (C=O) groups excluding carboxylic acids is 1. The third-order valence-corrected chi connectivity index (χ3v) is 5.00. The van der Waals surface area contributed by atoms with Gasteiger partial charge in [-0.1, -0.05) is 12.8 Å². The van der Waals surface area contributed by atoms with Crippen molar-refractivity contribution in [2.75, 3.05) is 6.61 Å². The zero-order valence-corrected chi connectivity index (χ0v) is 14.3. The van der Waals surface area contributed by atoms with Gasteiger partial charge in [-0.25, -0.2) is 0 Å².